The number of hydrogen-bond donors (Lipinski definition) is 1. The number of rotatable bonds is 8. The van der Waals surface area contributed by atoms with E-state index in [1.54, 1.807) is 61.7 Å². The average molecular weight is 441 g/mol. The number of nitrogens with zero attached hydrogens (tertiary/aromatic N) is 1. The Morgan fingerprint density at radius 1 is 1.23 bits per heavy atom. The molecular weight excluding hydrogens is 420 g/mol. The molecule has 0 atom stereocenters. The highest BCUT2D eigenvalue weighted by Crippen LogP contribution is 2.32. The summed E-state index contributed by atoms with van der Waals surface area (Å²) in [7, 11) is 1.58. The number of carbonyl (C=O) groups excluding carboxylic acids is 2. The molecule has 0 radical (unpaired) electrons. The lowest BCUT2D eigenvalue weighted by Gasteiger charge is -2.10. The van der Waals surface area contributed by atoms with E-state index in [4.69, 9.17) is 21.7 Å². The molecule has 0 spiro atoms. The molecule has 6 nitrogen and oxygen atoms in total. The number of benzene rings is 2. The molecule has 1 aliphatic rings. The minimum Gasteiger partial charge on any atom is -0.497 e. The van der Waals surface area contributed by atoms with Crippen molar-refractivity contribution in [2.75, 3.05) is 25.6 Å². The molecule has 8 heteroatoms. The molecule has 2 amide bonds. The quantitative estimate of drug-likeness (QED) is 0.379. The molecule has 30 heavy (non-hydrogen) atoms. The molecule has 2 aromatic carbocycles. The molecule has 0 aliphatic carbocycles. The largest absolute Gasteiger partial charge is 0.497 e. The third-order valence-electron chi connectivity index (χ3n) is 4.08. The topological polar surface area (TPSA) is 67.9 Å². The number of anilines is 1. The van der Waals surface area contributed by atoms with Gasteiger partial charge in [-0.2, -0.15) is 0 Å². The molecule has 1 N–H and O–H groups in total. The monoisotopic (exact) mass is 440 g/mol. The van der Waals surface area contributed by atoms with Gasteiger partial charge in [0.25, 0.3) is 11.8 Å². The number of thioether (sulfide) groups is 1. The van der Waals surface area contributed by atoms with Crippen molar-refractivity contribution in [3.8, 4) is 11.5 Å². The fourth-order valence-corrected chi connectivity index (χ4v) is 3.93. The predicted octanol–water partition coefficient (Wildman–Crippen LogP) is 4.10. The molecule has 154 valence electrons. The van der Waals surface area contributed by atoms with Gasteiger partial charge in [-0.3, -0.25) is 14.5 Å². The molecule has 0 saturated carbocycles. The van der Waals surface area contributed by atoms with E-state index >= 15 is 0 Å². The Labute approximate surface area is 184 Å². The van der Waals surface area contributed by atoms with E-state index in [-0.39, 0.29) is 18.4 Å². The van der Waals surface area contributed by atoms with Crippen LogP contribution in [-0.2, 0) is 9.59 Å². The molecule has 1 fully saturated rings. The van der Waals surface area contributed by atoms with Crippen LogP contribution < -0.4 is 14.8 Å². The van der Waals surface area contributed by atoms with Gasteiger partial charge in [-0.15, -0.1) is 6.58 Å². The van der Waals surface area contributed by atoms with E-state index < -0.39 is 0 Å². The average Bonchev–Trinajstić information content (AvgIpc) is 3.01. The van der Waals surface area contributed by atoms with Gasteiger partial charge in [0.15, 0.2) is 6.61 Å². The number of carbonyl (C=O) groups is 2. The van der Waals surface area contributed by atoms with Crippen LogP contribution in [0.3, 0.4) is 0 Å². The van der Waals surface area contributed by atoms with Gasteiger partial charge in [0.05, 0.1) is 12.0 Å². The van der Waals surface area contributed by atoms with Crippen LogP contribution in [0.4, 0.5) is 5.69 Å². The minimum atomic E-state index is -0.282. The summed E-state index contributed by atoms with van der Waals surface area (Å²) in [5.74, 6) is 0.809. The van der Waals surface area contributed by atoms with Crippen LogP contribution in [0.1, 0.15) is 5.56 Å². The molecule has 1 aliphatic heterocycles. The molecule has 0 unspecified atom stereocenters. The molecular formula is C22H20N2O4S2. The zero-order valence-electron chi connectivity index (χ0n) is 16.3. The van der Waals surface area contributed by atoms with Crippen molar-refractivity contribution < 1.29 is 19.1 Å². The summed E-state index contributed by atoms with van der Waals surface area (Å²) in [6.45, 7) is 3.89. The molecule has 3 rings (SSSR count). The highest BCUT2D eigenvalue weighted by Gasteiger charge is 2.30. The van der Waals surface area contributed by atoms with E-state index in [9.17, 15) is 9.59 Å². The smallest absolute Gasteiger partial charge is 0.266 e. The van der Waals surface area contributed by atoms with Crippen LogP contribution >= 0.6 is 24.0 Å². The first-order valence-corrected chi connectivity index (χ1v) is 10.3. The summed E-state index contributed by atoms with van der Waals surface area (Å²) in [5.41, 5.74) is 1.43. The number of nitrogens with one attached hydrogen (secondary N) is 1. The van der Waals surface area contributed by atoms with E-state index in [2.05, 4.69) is 11.9 Å². The Morgan fingerprint density at radius 2 is 2.00 bits per heavy atom. The van der Waals surface area contributed by atoms with Crippen molar-refractivity contribution in [1.29, 1.82) is 0 Å². The Hall–Kier alpha value is -3.10. The second-order valence-corrected chi connectivity index (χ2v) is 7.89. The third kappa shape index (κ3) is 5.49. The van der Waals surface area contributed by atoms with Crippen molar-refractivity contribution in [3.63, 3.8) is 0 Å². The Balaban J connectivity index is 1.60. The number of hydrogen-bond acceptors (Lipinski definition) is 6. The van der Waals surface area contributed by atoms with Crippen molar-refractivity contribution in [2.45, 2.75) is 0 Å². The first-order chi connectivity index (χ1) is 14.5. The Bertz CT molecular complexity index is 1000. The number of amides is 2. The summed E-state index contributed by atoms with van der Waals surface area (Å²) in [4.78, 5) is 26.6. The van der Waals surface area contributed by atoms with Crippen LogP contribution in [0.15, 0.2) is 66.1 Å². The van der Waals surface area contributed by atoms with Crippen LogP contribution in [-0.4, -0.2) is 41.3 Å². The minimum absolute atomic E-state index is 0.142. The zero-order valence-corrected chi connectivity index (χ0v) is 17.9. The number of thiocarbonyl (C=S) groups is 1. The summed E-state index contributed by atoms with van der Waals surface area (Å²) in [6.07, 6.45) is 3.39. The first-order valence-electron chi connectivity index (χ1n) is 9.03. The standard InChI is InChI=1S/C22H20N2O4S2/c1-3-11-24-21(26)19(30-22(24)29)13-15-5-4-6-18(12-15)28-14-20(25)23-16-7-9-17(27-2)10-8-16/h3-10,12-13H,1,11,14H2,2H3,(H,23,25)/b19-13-. The van der Waals surface area contributed by atoms with Gasteiger partial charge in [0.1, 0.15) is 15.8 Å². The maximum absolute atomic E-state index is 12.4. The molecule has 0 bridgehead atoms. The highest BCUT2D eigenvalue weighted by molar-refractivity contribution is 8.26. The van der Waals surface area contributed by atoms with Crippen LogP contribution in [0.25, 0.3) is 6.08 Å². The summed E-state index contributed by atoms with van der Waals surface area (Å²) in [5, 5.41) is 2.76. The van der Waals surface area contributed by atoms with Crippen molar-refractivity contribution in [2.24, 2.45) is 0 Å². The van der Waals surface area contributed by atoms with Gasteiger partial charge in [-0.25, -0.2) is 0 Å². The van der Waals surface area contributed by atoms with Crippen molar-refractivity contribution in [3.05, 3.63) is 71.7 Å². The van der Waals surface area contributed by atoms with Crippen LogP contribution in [0.5, 0.6) is 11.5 Å². The lowest BCUT2D eigenvalue weighted by Crippen LogP contribution is -2.27. The maximum Gasteiger partial charge on any atom is 0.266 e. The van der Waals surface area contributed by atoms with Crippen molar-refractivity contribution >= 4 is 51.9 Å². The Morgan fingerprint density at radius 3 is 2.70 bits per heavy atom. The van der Waals surface area contributed by atoms with Gasteiger partial charge < -0.3 is 14.8 Å². The lowest BCUT2D eigenvalue weighted by atomic mass is 10.2. The number of methoxy groups -OCH3 is 1. The summed E-state index contributed by atoms with van der Waals surface area (Å²) < 4.78 is 11.2. The highest BCUT2D eigenvalue weighted by atomic mass is 32.2. The van der Waals surface area contributed by atoms with Crippen molar-refractivity contribution in [1.82, 2.24) is 4.90 Å². The maximum atomic E-state index is 12.4. The van der Waals surface area contributed by atoms with Gasteiger partial charge in [0, 0.05) is 12.2 Å². The normalized spacial score (nSPS) is 14.7. The van der Waals surface area contributed by atoms with Gasteiger partial charge >= 0.3 is 0 Å². The van der Waals surface area contributed by atoms with Crippen LogP contribution in [0, 0.1) is 0 Å². The van der Waals surface area contributed by atoms with Crippen LogP contribution in [0.2, 0.25) is 0 Å². The van der Waals surface area contributed by atoms with E-state index in [1.165, 1.54) is 16.7 Å². The van der Waals surface area contributed by atoms with Gasteiger partial charge in [-0.05, 0) is 48.0 Å². The number of ether oxygens (including phenoxy) is 2. The third-order valence-corrected chi connectivity index (χ3v) is 5.46. The van der Waals surface area contributed by atoms with Gasteiger partial charge in [-0.1, -0.05) is 42.2 Å². The fraction of sp³-hybridized carbons (Fsp3) is 0.136. The molecule has 0 aromatic heterocycles. The zero-order chi connectivity index (χ0) is 21.5. The Kier molecular flexibility index (Phi) is 7.26. The lowest BCUT2D eigenvalue weighted by molar-refractivity contribution is -0.121. The fourth-order valence-electron chi connectivity index (χ4n) is 2.65. The molecule has 2 aromatic rings. The van der Waals surface area contributed by atoms with E-state index in [0.717, 1.165) is 5.56 Å². The van der Waals surface area contributed by atoms with Gasteiger partial charge in [0.2, 0.25) is 0 Å². The van der Waals surface area contributed by atoms with E-state index in [0.29, 0.717) is 33.0 Å². The predicted molar refractivity (Wildman–Crippen MR) is 124 cm³/mol. The molecule has 1 heterocycles. The summed E-state index contributed by atoms with van der Waals surface area (Å²) in [6, 6.07) is 14.2. The first kappa shape index (κ1) is 21.6. The second-order valence-electron chi connectivity index (χ2n) is 6.22. The van der Waals surface area contributed by atoms with E-state index in [1.807, 2.05) is 6.07 Å². The summed E-state index contributed by atoms with van der Waals surface area (Å²) >= 11 is 6.50. The second kappa shape index (κ2) is 10.1. The SMILES string of the molecule is C=CCN1C(=O)/C(=C/c2cccc(OCC(=O)Nc3ccc(OC)cc3)c2)SC1=S. The molecule has 1 saturated heterocycles.